The van der Waals surface area contributed by atoms with Crippen LogP contribution in [0.25, 0.3) is 0 Å². The highest BCUT2D eigenvalue weighted by Crippen LogP contribution is 2.14. The Balaban J connectivity index is 1.67. The Kier molecular flexibility index (Phi) is 6.22. The third kappa shape index (κ3) is 5.37. The maximum absolute atomic E-state index is 5.29. The summed E-state index contributed by atoms with van der Waals surface area (Å²) >= 11 is 5.29. The molecule has 0 amide bonds. The number of aryl methyl sites for hydroxylation is 2. The van der Waals surface area contributed by atoms with Gasteiger partial charge in [0.2, 0.25) is 0 Å². The van der Waals surface area contributed by atoms with Gasteiger partial charge >= 0.3 is 0 Å². The Morgan fingerprint density at radius 3 is 2.36 bits per heavy atom. The molecule has 0 radical (unpaired) electrons. The van der Waals surface area contributed by atoms with Crippen LogP contribution in [0.1, 0.15) is 17.5 Å². The van der Waals surface area contributed by atoms with Crippen LogP contribution in [-0.4, -0.2) is 18.8 Å². The lowest BCUT2D eigenvalue weighted by atomic mass is 10.1. The molecule has 0 unspecified atom stereocenters. The van der Waals surface area contributed by atoms with Crippen LogP contribution in [0, 0.1) is 6.92 Å². The average molecular weight is 314 g/mol. The summed E-state index contributed by atoms with van der Waals surface area (Å²) < 4.78 is 5.13. The van der Waals surface area contributed by atoms with E-state index < -0.39 is 0 Å². The van der Waals surface area contributed by atoms with E-state index in [-0.39, 0.29) is 0 Å². The molecule has 0 saturated heterocycles. The summed E-state index contributed by atoms with van der Waals surface area (Å²) in [5, 5.41) is 7.04. The highest BCUT2D eigenvalue weighted by Gasteiger charge is 1.98. The molecular weight excluding hydrogens is 292 g/mol. The van der Waals surface area contributed by atoms with Crippen LogP contribution in [0.5, 0.6) is 5.75 Å². The smallest absolute Gasteiger partial charge is 0.170 e. The summed E-state index contributed by atoms with van der Waals surface area (Å²) in [6.07, 6.45) is 2.10. The largest absolute Gasteiger partial charge is 0.497 e. The van der Waals surface area contributed by atoms with Crippen molar-refractivity contribution in [2.24, 2.45) is 0 Å². The van der Waals surface area contributed by atoms with Gasteiger partial charge in [0.15, 0.2) is 5.11 Å². The lowest BCUT2D eigenvalue weighted by molar-refractivity contribution is 0.415. The molecule has 0 atom stereocenters. The third-order valence-electron chi connectivity index (χ3n) is 3.40. The predicted molar refractivity (Wildman–Crippen MR) is 96.7 cm³/mol. The van der Waals surface area contributed by atoms with Crippen molar-refractivity contribution in [3.63, 3.8) is 0 Å². The van der Waals surface area contributed by atoms with Gasteiger partial charge in [-0.05, 0) is 61.8 Å². The molecule has 0 fully saturated rings. The van der Waals surface area contributed by atoms with Gasteiger partial charge in [0.25, 0.3) is 0 Å². The second kappa shape index (κ2) is 8.39. The first-order chi connectivity index (χ1) is 10.7. The standard InChI is InChI=1S/C18H22N2OS/c1-14-5-7-15(8-6-14)4-3-13-19-18(22)20-16-9-11-17(21-2)12-10-16/h5-12H,3-4,13H2,1-2H3,(H2,19,20,22). The molecule has 22 heavy (non-hydrogen) atoms. The van der Waals surface area contributed by atoms with E-state index in [4.69, 9.17) is 17.0 Å². The second-order valence-corrected chi connectivity index (χ2v) is 5.61. The van der Waals surface area contributed by atoms with Gasteiger partial charge in [-0.25, -0.2) is 0 Å². The molecule has 0 heterocycles. The predicted octanol–water partition coefficient (Wildman–Crippen LogP) is 3.92. The molecule has 2 N–H and O–H groups in total. The molecule has 2 rings (SSSR count). The maximum atomic E-state index is 5.29. The monoisotopic (exact) mass is 314 g/mol. The van der Waals surface area contributed by atoms with Crippen LogP contribution in [0.15, 0.2) is 48.5 Å². The fraction of sp³-hybridized carbons (Fsp3) is 0.278. The number of methoxy groups -OCH3 is 1. The minimum Gasteiger partial charge on any atom is -0.497 e. The molecule has 0 aliphatic rings. The van der Waals surface area contributed by atoms with Gasteiger partial charge in [0.1, 0.15) is 5.75 Å². The van der Waals surface area contributed by atoms with E-state index in [1.807, 2.05) is 24.3 Å². The summed E-state index contributed by atoms with van der Waals surface area (Å²) in [4.78, 5) is 0. The topological polar surface area (TPSA) is 33.3 Å². The molecule has 2 aromatic rings. The van der Waals surface area contributed by atoms with Crippen molar-refractivity contribution in [2.45, 2.75) is 19.8 Å². The SMILES string of the molecule is COc1ccc(NC(=S)NCCCc2ccc(C)cc2)cc1. The van der Waals surface area contributed by atoms with Crippen LogP contribution in [0.4, 0.5) is 5.69 Å². The second-order valence-electron chi connectivity index (χ2n) is 5.20. The number of nitrogens with one attached hydrogen (secondary N) is 2. The van der Waals surface area contributed by atoms with E-state index in [9.17, 15) is 0 Å². The Morgan fingerprint density at radius 2 is 1.73 bits per heavy atom. The number of benzene rings is 2. The molecule has 2 aromatic carbocycles. The normalized spacial score (nSPS) is 10.1. The van der Waals surface area contributed by atoms with Crippen molar-refractivity contribution in [1.82, 2.24) is 5.32 Å². The zero-order valence-corrected chi connectivity index (χ0v) is 13.9. The molecule has 0 aliphatic carbocycles. The molecule has 0 aliphatic heterocycles. The zero-order chi connectivity index (χ0) is 15.8. The molecule has 0 spiro atoms. The lowest BCUT2D eigenvalue weighted by Crippen LogP contribution is -2.29. The molecule has 3 nitrogen and oxygen atoms in total. The number of hydrogen-bond acceptors (Lipinski definition) is 2. The summed E-state index contributed by atoms with van der Waals surface area (Å²) in [6, 6.07) is 16.4. The first-order valence-corrected chi connectivity index (χ1v) is 7.82. The minimum absolute atomic E-state index is 0.647. The number of thiocarbonyl (C=S) groups is 1. The number of rotatable bonds is 6. The van der Waals surface area contributed by atoms with Crippen molar-refractivity contribution >= 4 is 23.0 Å². The van der Waals surface area contributed by atoms with Gasteiger partial charge < -0.3 is 15.4 Å². The highest BCUT2D eigenvalue weighted by molar-refractivity contribution is 7.80. The Bertz CT molecular complexity index is 593. The summed E-state index contributed by atoms with van der Waals surface area (Å²) in [6.45, 7) is 2.96. The summed E-state index contributed by atoms with van der Waals surface area (Å²) in [7, 11) is 1.66. The van der Waals surface area contributed by atoms with Gasteiger partial charge in [-0.3, -0.25) is 0 Å². The fourth-order valence-electron chi connectivity index (χ4n) is 2.10. The van der Waals surface area contributed by atoms with E-state index in [1.54, 1.807) is 7.11 Å². The summed E-state index contributed by atoms with van der Waals surface area (Å²) in [5.41, 5.74) is 3.62. The Labute approximate surface area is 137 Å². The molecular formula is C18H22N2OS. The van der Waals surface area contributed by atoms with E-state index in [1.165, 1.54) is 11.1 Å². The average Bonchev–Trinajstić information content (AvgIpc) is 2.54. The lowest BCUT2D eigenvalue weighted by Gasteiger charge is -2.11. The third-order valence-corrected chi connectivity index (χ3v) is 3.64. The molecule has 0 bridgehead atoms. The summed E-state index contributed by atoms with van der Waals surface area (Å²) in [5.74, 6) is 0.836. The molecule has 4 heteroatoms. The van der Waals surface area contributed by atoms with E-state index in [2.05, 4.69) is 41.8 Å². The van der Waals surface area contributed by atoms with Crippen LogP contribution >= 0.6 is 12.2 Å². The first-order valence-electron chi connectivity index (χ1n) is 7.42. The van der Waals surface area contributed by atoms with Crippen molar-refractivity contribution in [2.75, 3.05) is 19.0 Å². The van der Waals surface area contributed by atoms with Crippen molar-refractivity contribution < 1.29 is 4.74 Å². The van der Waals surface area contributed by atoms with Crippen LogP contribution in [0.2, 0.25) is 0 Å². The zero-order valence-electron chi connectivity index (χ0n) is 13.1. The van der Waals surface area contributed by atoms with Crippen molar-refractivity contribution in [1.29, 1.82) is 0 Å². The Hall–Kier alpha value is -2.07. The number of hydrogen-bond donors (Lipinski definition) is 2. The molecule has 116 valence electrons. The van der Waals surface area contributed by atoms with E-state index in [0.29, 0.717) is 5.11 Å². The molecule has 0 saturated carbocycles. The van der Waals surface area contributed by atoms with Gasteiger partial charge in [-0.1, -0.05) is 29.8 Å². The van der Waals surface area contributed by atoms with Crippen LogP contribution in [-0.2, 0) is 6.42 Å². The van der Waals surface area contributed by atoms with Gasteiger partial charge in [-0.2, -0.15) is 0 Å². The molecule has 0 aromatic heterocycles. The van der Waals surface area contributed by atoms with E-state index >= 15 is 0 Å². The van der Waals surface area contributed by atoms with Gasteiger partial charge in [-0.15, -0.1) is 0 Å². The minimum atomic E-state index is 0.647. The van der Waals surface area contributed by atoms with Crippen LogP contribution in [0.3, 0.4) is 0 Å². The van der Waals surface area contributed by atoms with Gasteiger partial charge in [0, 0.05) is 12.2 Å². The van der Waals surface area contributed by atoms with Gasteiger partial charge in [0.05, 0.1) is 7.11 Å². The van der Waals surface area contributed by atoms with E-state index in [0.717, 1.165) is 30.8 Å². The maximum Gasteiger partial charge on any atom is 0.170 e. The Morgan fingerprint density at radius 1 is 1.05 bits per heavy atom. The van der Waals surface area contributed by atoms with Crippen molar-refractivity contribution in [3.05, 3.63) is 59.7 Å². The fourth-order valence-corrected chi connectivity index (χ4v) is 2.32. The number of ether oxygens (including phenoxy) is 1. The van der Waals surface area contributed by atoms with Crippen molar-refractivity contribution in [3.8, 4) is 5.75 Å². The number of anilines is 1. The highest BCUT2D eigenvalue weighted by atomic mass is 32.1. The van der Waals surface area contributed by atoms with Crippen LogP contribution < -0.4 is 15.4 Å². The quantitative estimate of drug-likeness (QED) is 0.625. The first kappa shape index (κ1) is 16.3.